The van der Waals surface area contributed by atoms with Gasteiger partial charge in [-0.2, -0.15) is 5.26 Å². The van der Waals surface area contributed by atoms with Gasteiger partial charge in [-0.15, -0.1) is 0 Å². The Morgan fingerprint density at radius 1 is 1.04 bits per heavy atom. The van der Waals surface area contributed by atoms with Gasteiger partial charge < -0.3 is 5.32 Å². The second-order valence-corrected chi connectivity index (χ2v) is 8.01. The number of nitriles is 1. The number of carbonyl (C=O) groups is 1. The van der Waals surface area contributed by atoms with Crippen molar-refractivity contribution in [3.05, 3.63) is 92.7 Å². The summed E-state index contributed by atoms with van der Waals surface area (Å²) >= 11 is 3.46. The Labute approximate surface area is 167 Å². The Morgan fingerprint density at radius 2 is 1.74 bits per heavy atom. The minimum absolute atomic E-state index is 0.130. The van der Waals surface area contributed by atoms with Gasteiger partial charge in [0.15, 0.2) is 5.78 Å². The first-order valence-corrected chi connectivity index (χ1v) is 9.82. The quantitative estimate of drug-likeness (QED) is 0.716. The summed E-state index contributed by atoms with van der Waals surface area (Å²) in [7, 11) is 0. The Balaban J connectivity index is 1.79. The third kappa shape index (κ3) is 3.24. The van der Waals surface area contributed by atoms with Crippen LogP contribution in [0.2, 0.25) is 0 Å². The topological polar surface area (TPSA) is 52.9 Å². The number of carbonyl (C=O) groups excluding carboxylic acids is 1. The van der Waals surface area contributed by atoms with Crippen molar-refractivity contribution in [2.45, 2.75) is 31.6 Å². The standard InChI is InChI=1S/C23H19BrN2O/c1-14-19(13-25)22(16-7-9-18(24)10-8-16)23-20(26-14)11-17(12-21(23)27)15-5-3-2-4-6-15/h2-10,17,22,26H,11-12H2,1H3/t17-,22-/m1/s1. The van der Waals surface area contributed by atoms with Crippen LogP contribution in [0.4, 0.5) is 0 Å². The molecule has 0 bridgehead atoms. The van der Waals surface area contributed by atoms with E-state index in [0.29, 0.717) is 12.0 Å². The third-order valence-corrected chi connectivity index (χ3v) is 5.95. The van der Waals surface area contributed by atoms with Crippen LogP contribution in [0.25, 0.3) is 0 Å². The summed E-state index contributed by atoms with van der Waals surface area (Å²) in [6.07, 6.45) is 1.27. The number of dihydropyridines is 1. The molecular formula is C23H19BrN2O. The molecule has 2 aliphatic rings. The van der Waals surface area contributed by atoms with E-state index in [1.54, 1.807) is 0 Å². The second-order valence-electron chi connectivity index (χ2n) is 7.09. The number of halogens is 1. The lowest BCUT2D eigenvalue weighted by Crippen LogP contribution is -2.33. The Hall–Kier alpha value is -2.64. The first kappa shape index (κ1) is 17.8. The van der Waals surface area contributed by atoms with Crippen molar-refractivity contribution in [2.24, 2.45) is 0 Å². The van der Waals surface area contributed by atoms with Crippen molar-refractivity contribution in [1.29, 1.82) is 5.26 Å². The minimum atomic E-state index is -0.288. The molecular weight excluding hydrogens is 400 g/mol. The molecule has 0 fully saturated rings. The van der Waals surface area contributed by atoms with Crippen LogP contribution in [-0.2, 0) is 4.79 Å². The predicted octanol–water partition coefficient (Wildman–Crippen LogP) is 5.33. The smallest absolute Gasteiger partial charge is 0.162 e. The van der Waals surface area contributed by atoms with E-state index < -0.39 is 0 Å². The van der Waals surface area contributed by atoms with Crippen LogP contribution >= 0.6 is 15.9 Å². The van der Waals surface area contributed by atoms with Crippen molar-refractivity contribution < 1.29 is 4.79 Å². The molecule has 1 N–H and O–H groups in total. The van der Waals surface area contributed by atoms with Gasteiger partial charge in [0.2, 0.25) is 0 Å². The van der Waals surface area contributed by atoms with Crippen LogP contribution in [0, 0.1) is 11.3 Å². The van der Waals surface area contributed by atoms with E-state index in [1.165, 1.54) is 5.56 Å². The first-order valence-electron chi connectivity index (χ1n) is 9.03. The zero-order valence-corrected chi connectivity index (χ0v) is 16.6. The van der Waals surface area contributed by atoms with E-state index in [0.717, 1.165) is 33.4 Å². The van der Waals surface area contributed by atoms with Gasteiger partial charge in [0.25, 0.3) is 0 Å². The molecule has 2 aromatic carbocycles. The number of nitrogens with one attached hydrogen (secondary N) is 1. The minimum Gasteiger partial charge on any atom is -0.361 e. The number of ketones is 1. The van der Waals surface area contributed by atoms with E-state index in [-0.39, 0.29) is 17.6 Å². The summed E-state index contributed by atoms with van der Waals surface area (Å²) in [5.41, 5.74) is 5.35. The lowest BCUT2D eigenvalue weighted by atomic mass is 9.72. The second kappa shape index (κ2) is 7.17. The summed E-state index contributed by atoms with van der Waals surface area (Å²) in [4.78, 5) is 13.2. The van der Waals surface area contributed by atoms with Crippen molar-refractivity contribution in [2.75, 3.05) is 0 Å². The molecule has 4 heteroatoms. The average Bonchev–Trinajstić information content (AvgIpc) is 2.68. The van der Waals surface area contributed by atoms with Gasteiger partial charge >= 0.3 is 0 Å². The fraction of sp³-hybridized carbons (Fsp3) is 0.217. The van der Waals surface area contributed by atoms with Crippen molar-refractivity contribution in [3.63, 3.8) is 0 Å². The molecule has 1 aliphatic carbocycles. The van der Waals surface area contributed by atoms with Gasteiger partial charge in [-0.1, -0.05) is 58.4 Å². The van der Waals surface area contributed by atoms with E-state index in [2.05, 4.69) is 39.4 Å². The van der Waals surface area contributed by atoms with Gasteiger partial charge in [-0.25, -0.2) is 0 Å². The molecule has 27 heavy (non-hydrogen) atoms. The van der Waals surface area contributed by atoms with Gasteiger partial charge in [-0.3, -0.25) is 4.79 Å². The number of hydrogen-bond acceptors (Lipinski definition) is 3. The van der Waals surface area contributed by atoms with Crippen LogP contribution in [0.15, 0.2) is 81.6 Å². The lowest BCUT2D eigenvalue weighted by molar-refractivity contribution is -0.116. The molecule has 0 unspecified atom stereocenters. The van der Waals surface area contributed by atoms with Crippen LogP contribution in [0.3, 0.4) is 0 Å². The molecule has 0 amide bonds. The van der Waals surface area contributed by atoms with E-state index in [9.17, 15) is 10.1 Å². The number of nitrogens with zero attached hydrogens (tertiary/aromatic N) is 1. The highest BCUT2D eigenvalue weighted by molar-refractivity contribution is 9.10. The summed E-state index contributed by atoms with van der Waals surface area (Å²) in [5.74, 6) is 0.0151. The number of allylic oxidation sites excluding steroid dienone is 4. The van der Waals surface area contributed by atoms with Gasteiger partial charge in [0, 0.05) is 27.9 Å². The zero-order chi connectivity index (χ0) is 19.0. The molecule has 3 nitrogen and oxygen atoms in total. The molecule has 0 saturated heterocycles. The number of hydrogen-bond donors (Lipinski definition) is 1. The fourth-order valence-electron chi connectivity index (χ4n) is 4.14. The molecule has 4 rings (SSSR count). The molecule has 2 aromatic rings. The maximum Gasteiger partial charge on any atom is 0.162 e. The monoisotopic (exact) mass is 418 g/mol. The summed E-state index contributed by atoms with van der Waals surface area (Å²) in [6.45, 7) is 1.92. The van der Waals surface area contributed by atoms with Crippen molar-refractivity contribution in [1.82, 2.24) is 5.32 Å². The Bertz CT molecular complexity index is 997. The van der Waals surface area contributed by atoms with Crippen molar-refractivity contribution >= 4 is 21.7 Å². The predicted molar refractivity (Wildman–Crippen MR) is 109 cm³/mol. The molecule has 0 saturated carbocycles. The maximum absolute atomic E-state index is 13.2. The largest absolute Gasteiger partial charge is 0.361 e. The Kier molecular flexibility index (Phi) is 4.72. The summed E-state index contributed by atoms with van der Waals surface area (Å²) < 4.78 is 0.979. The third-order valence-electron chi connectivity index (χ3n) is 5.42. The highest BCUT2D eigenvalue weighted by Gasteiger charge is 2.38. The molecule has 2 atom stereocenters. The van der Waals surface area contributed by atoms with E-state index >= 15 is 0 Å². The maximum atomic E-state index is 13.2. The lowest BCUT2D eigenvalue weighted by Gasteiger charge is -2.35. The van der Waals surface area contributed by atoms with E-state index in [1.807, 2.05) is 49.4 Å². The zero-order valence-electron chi connectivity index (χ0n) is 15.0. The molecule has 134 valence electrons. The summed E-state index contributed by atoms with van der Waals surface area (Å²) in [5, 5.41) is 13.1. The number of rotatable bonds is 2. The molecule has 0 radical (unpaired) electrons. The summed E-state index contributed by atoms with van der Waals surface area (Å²) in [6, 6.07) is 20.4. The van der Waals surface area contributed by atoms with E-state index in [4.69, 9.17) is 0 Å². The van der Waals surface area contributed by atoms with Crippen LogP contribution < -0.4 is 5.32 Å². The highest BCUT2D eigenvalue weighted by atomic mass is 79.9. The van der Waals surface area contributed by atoms with Gasteiger partial charge in [0.1, 0.15) is 0 Å². The molecule has 1 heterocycles. The molecule has 1 aliphatic heterocycles. The normalized spacial score (nSPS) is 22.2. The van der Waals surface area contributed by atoms with Gasteiger partial charge in [-0.05, 0) is 42.5 Å². The Morgan fingerprint density at radius 3 is 2.41 bits per heavy atom. The number of benzene rings is 2. The van der Waals surface area contributed by atoms with Crippen molar-refractivity contribution in [3.8, 4) is 6.07 Å². The number of Topliss-reactive ketones (excluding diaryl/α,β-unsaturated/α-hetero) is 1. The SMILES string of the molecule is CC1=C(C#N)[C@@H](c2ccc(Br)cc2)C2=C(C[C@@H](c3ccccc3)CC2=O)N1. The highest BCUT2D eigenvalue weighted by Crippen LogP contribution is 2.45. The van der Waals surface area contributed by atoms with Crippen LogP contribution in [0.5, 0.6) is 0 Å². The van der Waals surface area contributed by atoms with Crippen LogP contribution in [0.1, 0.15) is 42.7 Å². The average molecular weight is 419 g/mol. The van der Waals surface area contributed by atoms with Gasteiger partial charge in [0.05, 0.1) is 17.6 Å². The van der Waals surface area contributed by atoms with Crippen LogP contribution in [-0.4, -0.2) is 5.78 Å². The fourth-order valence-corrected chi connectivity index (χ4v) is 4.40. The first-order chi connectivity index (χ1) is 13.1. The molecule has 0 aromatic heterocycles. The molecule has 0 spiro atoms.